The number of carbonyl (C=O) groups is 1. The van der Waals surface area contributed by atoms with E-state index in [1.165, 1.54) is 83.1 Å². The Morgan fingerprint density at radius 1 is 0.850 bits per heavy atom. The van der Waals surface area contributed by atoms with Crippen LogP contribution in [0.1, 0.15) is 107 Å². The first-order chi connectivity index (χ1) is 19.5. The maximum absolute atomic E-state index is 12.7. The first-order valence-corrected chi connectivity index (χ1v) is 14.7. The van der Waals surface area contributed by atoms with Gasteiger partial charge < -0.3 is 19.9 Å². The van der Waals surface area contributed by atoms with Gasteiger partial charge in [-0.3, -0.25) is 15.0 Å². The van der Waals surface area contributed by atoms with Crippen LogP contribution in [0.4, 0.5) is 5.69 Å². The molecule has 0 atom stereocenters. The van der Waals surface area contributed by atoms with Gasteiger partial charge in [0.2, 0.25) is 0 Å². The topological polar surface area (TPSA) is 130 Å². The largest absolute Gasteiger partial charge is 0.494 e. The van der Waals surface area contributed by atoms with E-state index in [1.807, 2.05) is 0 Å². The van der Waals surface area contributed by atoms with E-state index in [0.29, 0.717) is 28.8 Å². The van der Waals surface area contributed by atoms with Crippen LogP contribution in [0, 0.1) is 5.41 Å². The van der Waals surface area contributed by atoms with Crippen LogP contribution >= 0.6 is 0 Å². The molecule has 5 N–H and O–H groups in total. The summed E-state index contributed by atoms with van der Waals surface area (Å²) in [6.45, 7) is 2.94. The van der Waals surface area contributed by atoms with Gasteiger partial charge in [-0.05, 0) is 48.9 Å². The minimum atomic E-state index is -0.336. The molecule has 0 radical (unpaired) electrons. The maximum Gasteiger partial charge on any atom is 0.255 e. The Morgan fingerprint density at radius 2 is 1.45 bits per heavy atom. The van der Waals surface area contributed by atoms with Crippen LogP contribution in [-0.2, 0) is 0 Å². The molecule has 0 aliphatic rings. The van der Waals surface area contributed by atoms with Crippen molar-refractivity contribution in [3.8, 4) is 5.75 Å². The van der Waals surface area contributed by atoms with Gasteiger partial charge in [-0.15, -0.1) is 0 Å². The van der Waals surface area contributed by atoms with Crippen LogP contribution in [0.15, 0.2) is 57.7 Å². The molecule has 8 nitrogen and oxygen atoms in total. The van der Waals surface area contributed by atoms with Gasteiger partial charge in [0.05, 0.1) is 12.0 Å². The summed E-state index contributed by atoms with van der Waals surface area (Å²) >= 11 is 0. The number of hydrazine groups is 1. The standard InChI is InChI=1S/C32H44N4O4/c1-2-3-4-5-6-7-8-9-10-11-12-13-14-21-39-26-18-15-24(16-19-26)32(38)35-25-17-20-29-27(22-25)28(37)23-30(40-29)31(33)36-34/h15-20,22-23H,2-14,21,34H2,1H3,(H2,33,36)(H,35,38). The molecule has 0 unspecified atom stereocenters. The molecule has 0 bridgehead atoms. The average molecular weight is 549 g/mol. The molecule has 3 aromatic rings. The number of fused-ring (bicyclic) bond motifs is 1. The average Bonchev–Trinajstić information content (AvgIpc) is 2.97. The lowest BCUT2D eigenvalue weighted by molar-refractivity contribution is 0.102. The molecule has 2 aromatic carbocycles. The number of nitrogens with one attached hydrogen (secondary N) is 3. The molecule has 0 aliphatic heterocycles. The van der Waals surface area contributed by atoms with Crippen LogP contribution in [0.3, 0.4) is 0 Å². The number of hydrogen-bond donors (Lipinski definition) is 4. The van der Waals surface area contributed by atoms with Crippen molar-refractivity contribution in [3.63, 3.8) is 0 Å². The molecule has 216 valence electrons. The number of hydrogen-bond acceptors (Lipinski definition) is 6. The van der Waals surface area contributed by atoms with Crippen molar-refractivity contribution in [2.24, 2.45) is 5.84 Å². The van der Waals surface area contributed by atoms with E-state index in [1.54, 1.807) is 42.5 Å². The second-order valence-corrected chi connectivity index (χ2v) is 10.3. The highest BCUT2D eigenvalue weighted by Gasteiger charge is 2.11. The monoisotopic (exact) mass is 548 g/mol. The van der Waals surface area contributed by atoms with E-state index in [0.717, 1.165) is 12.2 Å². The van der Waals surface area contributed by atoms with Crippen molar-refractivity contribution in [1.29, 1.82) is 5.41 Å². The van der Waals surface area contributed by atoms with Crippen LogP contribution in [0.5, 0.6) is 5.75 Å². The fourth-order valence-electron chi connectivity index (χ4n) is 4.64. The molecule has 40 heavy (non-hydrogen) atoms. The van der Waals surface area contributed by atoms with E-state index >= 15 is 0 Å². The molecule has 0 aliphatic carbocycles. The molecule has 0 saturated heterocycles. The molecule has 3 rings (SSSR count). The van der Waals surface area contributed by atoms with Crippen molar-refractivity contribution < 1.29 is 13.9 Å². The number of anilines is 1. The Balaban J connectivity index is 1.33. The molecule has 1 heterocycles. The summed E-state index contributed by atoms with van der Waals surface area (Å²) in [7, 11) is 0. The van der Waals surface area contributed by atoms with E-state index in [9.17, 15) is 9.59 Å². The fourth-order valence-corrected chi connectivity index (χ4v) is 4.64. The molecule has 0 fully saturated rings. The lowest BCUT2D eigenvalue weighted by Gasteiger charge is -2.09. The summed E-state index contributed by atoms with van der Waals surface area (Å²) < 4.78 is 11.4. The van der Waals surface area contributed by atoms with Gasteiger partial charge in [0.15, 0.2) is 17.0 Å². The van der Waals surface area contributed by atoms with Gasteiger partial charge in [-0.2, -0.15) is 0 Å². The minimum absolute atomic E-state index is 0.0354. The quantitative estimate of drug-likeness (QED) is 0.0434. The Labute approximate surface area is 237 Å². The summed E-state index contributed by atoms with van der Waals surface area (Å²) in [5.74, 6) is 5.51. The van der Waals surface area contributed by atoms with Crippen LogP contribution in [0.25, 0.3) is 11.0 Å². The molecule has 0 saturated carbocycles. The van der Waals surface area contributed by atoms with Crippen molar-refractivity contribution in [1.82, 2.24) is 5.43 Å². The number of unbranched alkanes of at least 4 members (excludes halogenated alkanes) is 12. The molecule has 8 heteroatoms. The summed E-state index contributed by atoms with van der Waals surface area (Å²) in [6, 6.07) is 13.0. The Morgan fingerprint density at radius 3 is 2.05 bits per heavy atom. The molecule has 0 spiro atoms. The highest BCUT2D eigenvalue weighted by Crippen LogP contribution is 2.20. The number of ether oxygens (including phenoxy) is 1. The number of rotatable bonds is 18. The SMILES string of the molecule is CCCCCCCCCCCCCCCOc1ccc(C(=O)Nc2ccc3oc(C(=N)NN)cc(=O)c3c2)cc1. The van der Waals surface area contributed by atoms with Crippen molar-refractivity contribution >= 4 is 28.4 Å². The predicted molar refractivity (Wildman–Crippen MR) is 162 cm³/mol. The fraction of sp³-hybridized carbons (Fsp3) is 0.469. The van der Waals surface area contributed by atoms with Gasteiger partial charge in [0.1, 0.15) is 11.3 Å². The number of amides is 1. The zero-order chi connectivity index (χ0) is 28.6. The number of carbonyl (C=O) groups excluding carboxylic acids is 1. The van der Waals surface area contributed by atoms with Gasteiger partial charge in [0, 0.05) is 17.3 Å². The number of amidine groups is 1. The predicted octanol–water partition coefficient (Wildman–Crippen LogP) is 7.30. The smallest absolute Gasteiger partial charge is 0.255 e. The van der Waals surface area contributed by atoms with Gasteiger partial charge >= 0.3 is 0 Å². The lowest BCUT2D eigenvalue weighted by Crippen LogP contribution is -2.30. The summed E-state index contributed by atoms with van der Waals surface area (Å²) in [6.07, 6.45) is 17.1. The van der Waals surface area contributed by atoms with Crippen LogP contribution in [0.2, 0.25) is 0 Å². The van der Waals surface area contributed by atoms with Crippen molar-refractivity contribution in [2.75, 3.05) is 11.9 Å². The minimum Gasteiger partial charge on any atom is -0.494 e. The third-order valence-corrected chi connectivity index (χ3v) is 7.01. The van der Waals surface area contributed by atoms with Gasteiger partial charge in [0.25, 0.3) is 5.91 Å². The third kappa shape index (κ3) is 10.2. The van der Waals surface area contributed by atoms with E-state index in [2.05, 4.69) is 17.7 Å². The first kappa shape index (κ1) is 30.9. The second-order valence-electron chi connectivity index (χ2n) is 10.3. The Kier molecular flexibility index (Phi) is 13.2. The first-order valence-electron chi connectivity index (χ1n) is 14.7. The third-order valence-electron chi connectivity index (χ3n) is 7.01. The molecular formula is C32H44N4O4. The highest BCUT2D eigenvalue weighted by molar-refractivity contribution is 6.05. The van der Waals surface area contributed by atoms with Gasteiger partial charge in [-0.1, -0.05) is 84.0 Å². The number of nitrogens with two attached hydrogens (primary N) is 1. The van der Waals surface area contributed by atoms with E-state index in [4.69, 9.17) is 20.4 Å². The molecule has 1 amide bonds. The van der Waals surface area contributed by atoms with Crippen LogP contribution < -0.4 is 26.8 Å². The van der Waals surface area contributed by atoms with Crippen LogP contribution in [-0.4, -0.2) is 18.3 Å². The summed E-state index contributed by atoms with van der Waals surface area (Å²) in [4.78, 5) is 25.2. The zero-order valence-electron chi connectivity index (χ0n) is 23.7. The maximum atomic E-state index is 12.7. The lowest BCUT2D eigenvalue weighted by atomic mass is 10.0. The zero-order valence-corrected chi connectivity index (χ0v) is 23.7. The summed E-state index contributed by atoms with van der Waals surface area (Å²) in [5.41, 5.74) is 3.06. The summed E-state index contributed by atoms with van der Waals surface area (Å²) in [5, 5.41) is 10.8. The highest BCUT2D eigenvalue weighted by atomic mass is 16.5. The second kappa shape index (κ2) is 17.1. The van der Waals surface area contributed by atoms with Crippen molar-refractivity contribution in [2.45, 2.75) is 90.4 Å². The van der Waals surface area contributed by atoms with Crippen molar-refractivity contribution in [3.05, 3.63) is 70.1 Å². The van der Waals surface area contributed by atoms with Gasteiger partial charge in [-0.25, -0.2) is 5.84 Å². The molecular weight excluding hydrogens is 504 g/mol. The number of benzene rings is 2. The Hall–Kier alpha value is -3.65. The van der Waals surface area contributed by atoms with E-state index in [-0.39, 0.29) is 22.9 Å². The molecule has 1 aromatic heterocycles. The normalized spacial score (nSPS) is 10.9. The van der Waals surface area contributed by atoms with E-state index < -0.39 is 0 Å². The Bertz CT molecular complexity index is 1270.